The van der Waals surface area contributed by atoms with Gasteiger partial charge in [-0.05, 0) is 30.3 Å². The number of rotatable bonds is 1. The molecule has 0 spiro atoms. The zero-order valence-corrected chi connectivity index (χ0v) is 18.2. The van der Waals surface area contributed by atoms with Gasteiger partial charge in [-0.2, -0.15) is 13.2 Å². The molecule has 3 aromatic heterocycles. The van der Waals surface area contributed by atoms with Gasteiger partial charge in [0.2, 0.25) is 0 Å². The number of alkyl halides is 3. The molecule has 4 rings (SSSR count). The smallest absolute Gasteiger partial charge is 0.475 e. The van der Waals surface area contributed by atoms with Crippen molar-refractivity contribution in [2.75, 3.05) is 0 Å². The molecule has 15 heteroatoms. The molecule has 3 aromatic rings. The lowest BCUT2D eigenvalue weighted by atomic mass is 10.2. The van der Waals surface area contributed by atoms with Crippen LogP contribution in [0.15, 0.2) is 43.6 Å². The molecule has 192 valence electrons. The van der Waals surface area contributed by atoms with Crippen molar-refractivity contribution in [3.8, 4) is 0 Å². The molecule has 1 aliphatic rings. The number of halogens is 3. The van der Waals surface area contributed by atoms with E-state index in [9.17, 15) is 27.6 Å². The van der Waals surface area contributed by atoms with Gasteiger partial charge in [0.15, 0.2) is 17.3 Å². The third-order valence-corrected chi connectivity index (χ3v) is 4.61. The largest absolute Gasteiger partial charge is 0.490 e. The standard InChI is InChI=1S/C19H18N4O6.C2HF3O2/c20-6-10-5-15-19(26)22-8-12-1-3-13(27-12)17(24)21-7-11-2-4-14(28-11)18(25)23-9-16(10)29-15;3-2(4,5)1(6)7/h1-5H,6-9,20H2,(H,21,24)(H,22,26)(H,23,25);(H,6,7). The topological polar surface area (TPSA) is 190 Å². The maximum atomic E-state index is 12.4. The highest BCUT2D eigenvalue weighted by Crippen LogP contribution is 2.17. The maximum Gasteiger partial charge on any atom is 0.490 e. The number of carboxylic acid groups (broad SMARTS) is 1. The van der Waals surface area contributed by atoms with Crippen LogP contribution in [0.3, 0.4) is 0 Å². The Hall–Kier alpha value is -4.53. The molecule has 12 nitrogen and oxygen atoms in total. The van der Waals surface area contributed by atoms with E-state index in [1.54, 1.807) is 12.1 Å². The number of fused-ring (bicyclic) bond motifs is 6. The van der Waals surface area contributed by atoms with Crippen LogP contribution in [0.5, 0.6) is 0 Å². The second kappa shape index (κ2) is 10.8. The monoisotopic (exact) mass is 512 g/mol. The summed E-state index contributed by atoms with van der Waals surface area (Å²) in [5.74, 6) is -2.73. The predicted molar refractivity (Wildman–Crippen MR) is 111 cm³/mol. The molecule has 0 fully saturated rings. The molecular formula is C21H19F3N4O8. The molecule has 36 heavy (non-hydrogen) atoms. The Morgan fingerprint density at radius 1 is 0.833 bits per heavy atom. The molecule has 3 amide bonds. The number of furan rings is 3. The number of nitrogens with one attached hydrogen (secondary N) is 3. The van der Waals surface area contributed by atoms with Crippen LogP contribution in [0, 0.1) is 0 Å². The minimum absolute atomic E-state index is 0.0347. The number of nitrogens with two attached hydrogens (primary N) is 1. The van der Waals surface area contributed by atoms with Gasteiger partial charge < -0.3 is 40.0 Å². The van der Waals surface area contributed by atoms with E-state index >= 15 is 0 Å². The molecule has 0 atom stereocenters. The van der Waals surface area contributed by atoms with Crippen molar-refractivity contribution in [3.05, 3.63) is 70.5 Å². The van der Waals surface area contributed by atoms with Gasteiger partial charge in [-0.1, -0.05) is 0 Å². The second-order valence-corrected chi connectivity index (χ2v) is 7.15. The average molecular weight is 512 g/mol. The van der Waals surface area contributed by atoms with E-state index in [4.69, 9.17) is 28.9 Å². The van der Waals surface area contributed by atoms with E-state index in [-0.39, 0.29) is 43.5 Å². The average Bonchev–Trinajstić information content (AvgIpc) is 3.58. The molecule has 0 aliphatic carbocycles. The Balaban J connectivity index is 0.000000454. The second-order valence-electron chi connectivity index (χ2n) is 7.15. The highest BCUT2D eigenvalue weighted by Gasteiger charge is 2.38. The highest BCUT2D eigenvalue weighted by atomic mass is 19.4. The van der Waals surface area contributed by atoms with Crippen LogP contribution in [-0.2, 0) is 31.0 Å². The molecule has 0 saturated carbocycles. The fourth-order valence-corrected chi connectivity index (χ4v) is 2.85. The summed E-state index contributed by atoms with van der Waals surface area (Å²) in [6.07, 6.45) is -5.08. The lowest BCUT2D eigenvalue weighted by molar-refractivity contribution is -0.192. The third-order valence-electron chi connectivity index (χ3n) is 4.61. The fraction of sp³-hybridized carbons (Fsp3) is 0.238. The summed E-state index contributed by atoms with van der Waals surface area (Å²) >= 11 is 0. The van der Waals surface area contributed by atoms with Crippen molar-refractivity contribution in [2.45, 2.75) is 32.4 Å². The first kappa shape index (κ1) is 26.1. The maximum absolute atomic E-state index is 12.4. The van der Waals surface area contributed by atoms with Crippen LogP contribution < -0.4 is 21.7 Å². The predicted octanol–water partition coefficient (Wildman–Crippen LogP) is 1.66. The summed E-state index contributed by atoms with van der Waals surface area (Å²) in [5, 5.41) is 15.1. The third kappa shape index (κ3) is 6.53. The zero-order valence-electron chi connectivity index (χ0n) is 18.2. The van der Waals surface area contributed by atoms with Crippen molar-refractivity contribution >= 4 is 23.7 Å². The summed E-state index contributed by atoms with van der Waals surface area (Å²) in [6.45, 7) is 0.325. The Labute approximate surface area is 199 Å². The summed E-state index contributed by atoms with van der Waals surface area (Å²) in [5.41, 5.74) is 6.31. The van der Waals surface area contributed by atoms with Gasteiger partial charge in [-0.3, -0.25) is 14.4 Å². The summed E-state index contributed by atoms with van der Waals surface area (Å²) < 4.78 is 48.2. The zero-order chi connectivity index (χ0) is 26.5. The van der Waals surface area contributed by atoms with Crippen molar-refractivity contribution in [3.63, 3.8) is 0 Å². The quantitative estimate of drug-likeness (QED) is 0.323. The minimum Gasteiger partial charge on any atom is -0.475 e. The first-order chi connectivity index (χ1) is 17.0. The number of carbonyl (C=O) groups is 4. The summed E-state index contributed by atoms with van der Waals surface area (Å²) in [4.78, 5) is 45.7. The number of hydrogen-bond donors (Lipinski definition) is 5. The van der Waals surface area contributed by atoms with Crippen molar-refractivity contribution < 1.29 is 50.7 Å². The van der Waals surface area contributed by atoms with Crippen molar-refractivity contribution in [1.29, 1.82) is 0 Å². The molecule has 6 N–H and O–H groups in total. The lowest BCUT2D eigenvalue weighted by Crippen LogP contribution is -2.24. The van der Waals surface area contributed by atoms with Crippen LogP contribution in [0.1, 0.15) is 54.5 Å². The molecule has 1 aliphatic heterocycles. The SMILES string of the molecule is NCc1cc2oc1CNC(=O)c1ccc(o1)CNC(=O)c1ccc(o1)CNC2=O.O=C(O)C(F)(F)F. The van der Waals surface area contributed by atoms with Gasteiger partial charge in [0.25, 0.3) is 17.7 Å². The number of hydrogen-bond acceptors (Lipinski definition) is 8. The van der Waals surface area contributed by atoms with Crippen LogP contribution in [-0.4, -0.2) is 35.0 Å². The Kier molecular flexibility index (Phi) is 7.83. The van der Waals surface area contributed by atoms with Gasteiger partial charge in [0.1, 0.15) is 17.3 Å². The minimum atomic E-state index is -5.08. The van der Waals surface area contributed by atoms with Crippen LogP contribution in [0.25, 0.3) is 0 Å². The number of carboxylic acids is 1. The fourth-order valence-electron chi connectivity index (χ4n) is 2.85. The van der Waals surface area contributed by atoms with Crippen molar-refractivity contribution in [2.24, 2.45) is 5.73 Å². The summed E-state index contributed by atoms with van der Waals surface area (Å²) in [7, 11) is 0. The Morgan fingerprint density at radius 2 is 1.28 bits per heavy atom. The molecule has 6 bridgehead atoms. The first-order valence-corrected chi connectivity index (χ1v) is 10.1. The number of aliphatic carboxylic acids is 1. The molecule has 0 aromatic carbocycles. The van der Waals surface area contributed by atoms with Gasteiger partial charge in [-0.25, -0.2) is 4.79 Å². The first-order valence-electron chi connectivity index (χ1n) is 10.1. The van der Waals surface area contributed by atoms with E-state index < -0.39 is 29.9 Å². The van der Waals surface area contributed by atoms with Gasteiger partial charge in [0.05, 0.1) is 19.6 Å². The molecule has 0 unspecified atom stereocenters. The number of amides is 3. The highest BCUT2D eigenvalue weighted by molar-refractivity contribution is 5.93. The van der Waals surface area contributed by atoms with E-state index in [1.165, 1.54) is 18.2 Å². The van der Waals surface area contributed by atoms with E-state index in [0.29, 0.717) is 22.8 Å². The van der Waals surface area contributed by atoms with Crippen LogP contribution in [0.2, 0.25) is 0 Å². The Bertz CT molecular complexity index is 1270. The van der Waals surface area contributed by atoms with Crippen LogP contribution >= 0.6 is 0 Å². The van der Waals surface area contributed by atoms with E-state index in [1.807, 2.05) is 0 Å². The summed E-state index contributed by atoms with van der Waals surface area (Å²) in [6, 6.07) is 7.72. The van der Waals surface area contributed by atoms with Gasteiger partial charge >= 0.3 is 12.1 Å². The molecular weight excluding hydrogens is 493 g/mol. The Morgan fingerprint density at radius 3 is 1.72 bits per heavy atom. The van der Waals surface area contributed by atoms with Crippen LogP contribution in [0.4, 0.5) is 13.2 Å². The van der Waals surface area contributed by atoms with Gasteiger partial charge in [0, 0.05) is 12.1 Å². The number of carbonyl (C=O) groups excluding carboxylic acids is 3. The molecule has 0 radical (unpaired) electrons. The normalized spacial score (nSPS) is 14.4. The lowest BCUT2D eigenvalue weighted by Gasteiger charge is -2.04. The van der Waals surface area contributed by atoms with Crippen molar-refractivity contribution in [1.82, 2.24) is 16.0 Å². The molecule has 0 saturated heterocycles. The van der Waals surface area contributed by atoms with E-state index in [2.05, 4.69) is 16.0 Å². The van der Waals surface area contributed by atoms with E-state index in [0.717, 1.165) is 0 Å². The molecule has 4 heterocycles. The van der Waals surface area contributed by atoms with Gasteiger partial charge in [-0.15, -0.1) is 0 Å².